The monoisotopic (exact) mass is 185 g/mol. The fourth-order valence-electron chi connectivity index (χ4n) is 2.66. The average Bonchev–Trinajstić information content (AvgIpc) is 2.26. The van der Waals surface area contributed by atoms with Gasteiger partial charge in [-0.05, 0) is 42.5 Å². The number of nitrogens with one attached hydrogen (secondary N) is 1. The van der Waals surface area contributed by atoms with Crippen LogP contribution in [0.4, 0.5) is 0 Å². The minimum absolute atomic E-state index is 0.676. The molecule has 2 aliphatic rings. The van der Waals surface area contributed by atoms with Gasteiger partial charge < -0.3 is 5.32 Å². The van der Waals surface area contributed by atoms with Gasteiger partial charge >= 0.3 is 0 Å². The first kappa shape index (κ1) is 8.10. The summed E-state index contributed by atoms with van der Waals surface area (Å²) in [5.74, 6) is 0.815. The van der Waals surface area contributed by atoms with Crippen LogP contribution < -0.4 is 5.32 Å². The van der Waals surface area contributed by atoms with Crippen LogP contribution in [0, 0.1) is 5.92 Å². The molecule has 0 spiro atoms. The van der Waals surface area contributed by atoms with E-state index in [0.717, 1.165) is 5.92 Å². The third-order valence-corrected chi connectivity index (χ3v) is 3.48. The summed E-state index contributed by atoms with van der Waals surface area (Å²) in [6.07, 6.45) is 8.07. The molecule has 0 aromatic heterocycles. The summed E-state index contributed by atoms with van der Waals surface area (Å²) < 4.78 is 0. The Morgan fingerprint density at radius 1 is 1.07 bits per heavy atom. The molecule has 1 heteroatoms. The maximum absolute atomic E-state index is 3.48. The molecular formula is C13H15N. The van der Waals surface area contributed by atoms with Crippen LogP contribution in [0.3, 0.4) is 0 Å². The highest BCUT2D eigenvalue weighted by molar-refractivity contribution is 5.32. The van der Waals surface area contributed by atoms with Gasteiger partial charge in [-0.25, -0.2) is 0 Å². The lowest BCUT2D eigenvalue weighted by Crippen LogP contribution is -2.41. The summed E-state index contributed by atoms with van der Waals surface area (Å²) >= 11 is 0. The van der Waals surface area contributed by atoms with Crippen LogP contribution in [0.5, 0.6) is 0 Å². The van der Waals surface area contributed by atoms with Crippen molar-refractivity contribution in [2.45, 2.75) is 25.3 Å². The smallest absolute Gasteiger partial charge is 0.0330 e. The molecule has 1 N–H and O–H groups in total. The van der Waals surface area contributed by atoms with Gasteiger partial charge in [0.2, 0.25) is 0 Å². The molecule has 14 heavy (non-hydrogen) atoms. The molecule has 1 aromatic carbocycles. The predicted molar refractivity (Wildman–Crippen MR) is 58.0 cm³/mol. The Bertz CT molecular complexity index is 332. The Morgan fingerprint density at radius 3 is 2.71 bits per heavy atom. The number of allylic oxidation sites excluding steroid dienone is 1. The van der Waals surface area contributed by atoms with Crippen LogP contribution in [0.15, 0.2) is 36.5 Å². The fraction of sp³-hybridized carbons (Fsp3) is 0.385. The van der Waals surface area contributed by atoms with Crippen LogP contribution in [0.2, 0.25) is 0 Å². The second-order valence-electron chi connectivity index (χ2n) is 4.35. The van der Waals surface area contributed by atoms with E-state index >= 15 is 0 Å². The summed E-state index contributed by atoms with van der Waals surface area (Å²) in [6.45, 7) is 0. The van der Waals surface area contributed by atoms with E-state index in [1.165, 1.54) is 24.8 Å². The fourth-order valence-corrected chi connectivity index (χ4v) is 2.66. The Kier molecular flexibility index (Phi) is 1.83. The summed E-state index contributed by atoms with van der Waals surface area (Å²) in [5, 5.41) is 3.48. The largest absolute Gasteiger partial charge is 0.388 e. The lowest BCUT2D eigenvalue weighted by Gasteiger charge is -2.35. The molecular weight excluding hydrogens is 170 g/mol. The highest BCUT2D eigenvalue weighted by atomic mass is 14.9. The van der Waals surface area contributed by atoms with Crippen molar-refractivity contribution >= 4 is 0 Å². The molecule has 72 valence electrons. The SMILES string of the molecule is C1=CNC2Cc3ccccc3CC2C1. The van der Waals surface area contributed by atoms with Crippen LogP contribution in [-0.4, -0.2) is 6.04 Å². The molecule has 0 amide bonds. The summed E-state index contributed by atoms with van der Waals surface area (Å²) in [7, 11) is 0. The second kappa shape index (κ2) is 3.16. The normalized spacial score (nSPS) is 28.9. The zero-order valence-electron chi connectivity index (χ0n) is 8.24. The molecule has 0 saturated carbocycles. The van der Waals surface area contributed by atoms with Crippen molar-refractivity contribution in [2.75, 3.05) is 0 Å². The van der Waals surface area contributed by atoms with E-state index < -0.39 is 0 Å². The van der Waals surface area contributed by atoms with Crippen LogP contribution >= 0.6 is 0 Å². The number of fused-ring (bicyclic) bond motifs is 2. The Hall–Kier alpha value is -1.24. The summed E-state index contributed by atoms with van der Waals surface area (Å²) in [6, 6.07) is 9.54. The van der Waals surface area contributed by atoms with Gasteiger partial charge in [0, 0.05) is 6.04 Å². The van der Waals surface area contributed by atoms with Crippen molar-refractivity contribution in [3.05, 3.63) is 47.7 Å². The van der Waals surface area contributed by atoms with Crippen molar-refractivity contribution in [1.29, 1.82) is 0 Å². The maximum atomic E-state index is 3.48. The van der Waals surface area contributed by atoms with Gasteiger partial charge in [0.1, 0.15) is 0 Å². The zero-order chi connectivity index (χ0) is 9.38. The Morgan fingerprint density at radius 2 is 1.86 bits per heavy atom. The van der Waals surface area contributed by atoms with E-state index in [-0.39, 0.29) is 0 Å². The van der Waals surface area contributed by atoms with Crippen molar-refractivity contribution in [3.8, 4) is 0 Å². The van der Waals surface area contributed by atoms with Crippen molar-refractivity contribution in [1.82, 2.24) is 5.32 Å². The number of hydrogen-bond donors (Lipinski definition) is 1. The molecule has 2 unspecified atom stereocenters. The highest BCUT2D eigenvalue weighted by Crippen LogP contribution is 2.29. The van der Waals surface area contributed by atoms with E-state index in [4.69, 9.17) is 0 Å². The first-order valence-electron chi connectivity index (χ1n) is 5.41. The second-order valence-corrected chi connectivity index (χ2v) is 4.35. The quantitative estimate of drug-likeness (QED) is 0.654. The molecule has 0 fully saturated rings. The number of hydrogen-bond acceptors (Lipinski definition) is 1. The van der Waals surface area contributed by atoms with E-state index in [9.17, 15) is 0 Å². The maximum Gasteiger partial charge on any atom is 0.0330 e. The topological polar surface area (TPSA) is 12.0 Å². The van der Waals surface area contributed by atoms with Gasteiger partial charge in [-0.15, -0.1) is 0 Å². The first-order valence-corrected chi connectivity index (χ1v) is 5.41. The van der Waals surface area contributed by atoms with Crippen molar-refractivity contribution in [3.63, 3.8) is 0 Å². The van der Waals surface area contributed by atoms with Gasteiger partial charge in [-0.3, -0.25) is 0 Å². The average molecular weight is 185 g/mol. The standard InChI is InChI=1S/C13H15N/c1-2-5-11-9-13-12(6-3-7-14-13)8-10(11)4-1/h1-5,7,12-14H,6,8-9H2. The minimum Gasteiger partial charge on any atom is -0.388 e. The number of benzene rings is 1. The van der Waals surface area contributed by atoms with Crippen LogP contribution in [-0.2, 0) is 12.8 Å². The van der Waals surface area contributed by atoms with Gasteiger partial charge in [-0.2, -0.15) is 0 Å². The van der Waals surface area contributed by atoms with Gasteiger partial charge in [-0.1, -0.05) is 30.3 Å². The minimum atomic E-state index is 0.676. The molecule has 0 radical (unpaired) electrons. The molecule has 1 aliphatic heterocycles. The van der Waals surface area contributed by atoms with Crippen LogP contribution in [0.25, 0.3) is 0 Å². The third-order valence-electron chi connectivity index (χ3n) is 3.48. The van der Waals surface area contributed by atoms with E-state index in [1.807, 2.05) is 0 Å². The van der Waals surface area contributed by atoms with Gasteiger partial charge in [0.15, 0.2) is 0 Å². The van der Waals surface area contributed by atoms with Gasteiger partial charge in [0.25, 0.3) is 0 Å². The first-order chi connectivity index (χ1) is 6.93. The molecule has 1 aliphatic carbocycles. The third kappa shape index (κ3) is 1.24. The molecule has 2 atom stereocenters. The van der Waals surface area contributed by atoms with Crippen molar-refractivity contribution < 1.29 is 0 Å². The molecule has 0 bridgehead atoms. The lowest BCUT2D eigenvalue weighted by molar-refractivity contribution is 0.345. The van der Waals surface area contributed by atoms with Gasteiger partial charge in [0.05, 0.1) is 0 Å². The molecule has 3 rings (SSSR count). The summed E-state index contributed by atoms with van der Waals surface area (Å²) in [4.78, 5) is 0. The predicted octanol–water partition coefficient (Wildman–Crippen LogP) is 2.28. The molecule has 1 aromatic rings. The van der Waals surface area contributed by atoms with Crippen molar-refractivity contribution in [2.24, 2.45) is 5.92 Å². The van der Waals surface area contributed by atoms with E-state index in [2.05, 4.69) is 41.9 Å². The molecule has 0 saturated heterocycles. The van der Waals surface area contributed by atoms with Crippen LogP contribution in [0.1, 0.15) is 17.5 Å². The molecule has 1 nitrogen and oxygen atoms in total. The Balaban J connectivity index is 1.94. The lowest BCUT2D eigenvalue weighted by atomic mass is 9.77. The van der Waals surface area contributed by atoms with E-state index in [0.29, 0.717) is 6.04 Å². The molecule has 1 heterocycles. The Labute approximate surface area is 84.8 Å². The highest BCUT2D eigenvalue weighted by Gasteiger charge is 2.27. The number of rotatable bonds is 0. The summed E-state index contributed by atoms with van der Waals surface area (Å²) in [5.41, 5.74) is 3.10. The zero-order valence-corrected chi connectivity index (χ0v) is 8.24. The van der Waals surface area contributed by atoms with E-state index in [1.54, 1.807) is 5.56 Å².